The number of nitrogens with zero attached hydrogens (tertiary/aromatic N) is 4. The van der Waals surface area contributed by atoms with Gasteiger partial charge in [0, 0.05) is 34.9 Å². The van der Waals surface area contributed by atoms with Crippen molar-refractivity contribution in [1.29, 1.82) is 5.26 Å². The topological polar surface area (TPSA) is 96.2 Å². The van der Waals surface area contributed by atoms with Gasteiger partial charge in [-0.1, -0.05) is 0 Å². The van der Waals surface area contributed by atoms with Crippen molar-refractivity contribution in [2.45, 2.75) is 27.7 Å². The van der Waals surface area contributed by atoms with Gasteiger partial charge in [0.1, 0.15) is 17.4 Å². The fourth-order valence-electron chi connectivity index (χ4n) is 2.85. The molecule has 0 unspecified atom stereocenters. The lowest BCUT2D eigenvalue weighted by molar-refractivity contribution is 0.0954. The Bertz CT molecular complexity index is 1070. The number of hydrogen-bond acceptors (Lipinski definition) is 5. The summed E-state index contributed by atoms with van der Waals surface area (Å²) in [5.74, 6) is 0.881. The number of carbonyl (C=O) groups excluding carboxylic acids is 1. The molecular weight excluding hydrogens is 342 g/mol. The van der Waals surface area contributed by atoms with Crippen LogP contribution in [-0.2, 0) is 0 Å². The zero-order valence-electron chi connectivity index (χ0n) is 15.6. The molecule has 1 amide bonds. The molecule has 7 heteroatoms. The summed E-state index contributed by atoms with van der Waals surface area (Å²) in [7, 11) is 0. The second-order valence-corrected chi connectivity index (χ2v) is 6.18. The van der Waals surface area contributed by atoms with Crippen molar-refractivity contribution in [3.05, 3.63) is 70.0 Å². The molecule has 3 heterocycles. The van der Waals surface area contributed by atoms with Crippen LogP contribution in [0.5, 0.6) is 0 Å². The Hall–Kier alpha value is -3.66. The fraction of sp³-hybridized carbons (Fsp3) is 0.200. The molecule has 0 aliphatic carbocycles. The van der Waals surface area contributed by atoms with E-state index in [2.05, 4.69) is 21.6 Å². The first-order chi connectivity index (χ1) is 12.9. The maximum Gasteiger partial charge on any atom is 0.272 e. The highest BCUT2D eigenvalue weighted by atomic mass is 16.4. The molecule has 0 bridgehead atoms. The van der Waals surface area contributed by atoms with Crippen LogP contribution in [0.1, 0.15) is 44.2 Å². The summed E-state index contributed by atoms with van der Waals surface area (Å²) in [5, 5.41) is 13.5. The van der Waals surface area contributed by atoms with Crippen molar-refractivity contribution in [2.75, 3.05) is 0 Å². The molecule has 0 fully saturated rings. The molecule has 0 radical (unpaired) electrons. The number of hydrazone groups is 1. The first-order valence-electron chi connectivity index (χ1n) is 8.37. The monoisotopic (exact) mass is 361 g/mol. The number of rotatable bonds is 4. The van der Waals surface area contributed by atoms with Crippen LogP contribution in [0.25, 0.3) is 5.88 Å². The number of nitrogens with one attached hydrogen (secondary N) is 1. The molecule has 27 heavy (non-hydrogen) atoms. The van der Waals surface area contributed by atoms with Gasteiger partial charge in [0.2, 0.25) is 5.88 Å². The molecule has 0 saturated carbocycles. The Balaban J connectivity index is 1.88. The molecule has 3 rings (SSSR count). The number of pyridine rings is 1. The van der Waals surface area contributed by atoms with Crippen LogP contribution in [-0.4, -0.2) is 21.7 Å². The van der Waals surface area contributed by atoms with Gasteiger partial charge in [-0.25, -0.2) is 5.43 Å². The van der Waals surface area contributed by atoms with E-state index in [0.717, 1.165) is 22.5 Å². The van der Waals surface area contributed by atoms with Crippen molar-refractivity contribution >= 4 is 12.1 Å². The predicted molar refractivity (Wildman–Crippen MR) is 101 cm³/mol. The highest BCUT2D eigenvalue weighted by Crippen LogP contribution is 2.28. The molecule has 3 aromatic heterocycles. The lowest BCUT2D eigenvalue weighted by atomic mass is 10.2. The average molecular weight is 361 g/mol. The van der Waals surface area contributed by atoms with Gasteiger partial charge in [-0.2, -0.15) is 10.4 Å². The maximum atomic E-state index is 12.0. The van der Waals surface area contributed by atoms with Gasteiger partial charge >= 0.3 is 0 Å². The van der Waals surface area contributed by atoms with Gasteiger partial charge < -0.3 is 4.42 Å². The number of aryl methyl sites for hydroxylation is 2. The summed E-state index contributed by atoms with van der Waals surface area (Å²) >= 11 is 0. The van der Waals surface area contributed by atoms with Gasteiger partial charge in [-0.15, -0.1) is 0 Å². The summed E-state index contributed by atoms with van der Waals surface area (Å²) < 4.78 is 7.69. The molecule has 0 aliphatic rings. The number of carbonyl (C=O) groups is 1. The number of amides is 1. The van der Waals surface area contributed by atoms with Crippen LogP contribution in [0, 0.1) is 39.0 Å². The molecule has 136 valence electrons. The summed E-state index contributed by atoms with van der Waals surface area (Å²) in [5.41, 5.74) is 6.84. The molecule has 0 atom stereocenters. The summed E-state index contributed by atoms with van der Waals surface area (Å²) in [6.07, 6.45) is 4.64. The minimum atomic E-state index is -0.336. The van der Waals surface area contributed by atoms with E-state index in [1.54, 1.807) is 24.5 Å². The van der Waals surface area contributed by atoms with Crippen molar-refractivity contribution in [3.63, 3.8) is 0 Å². The lowest BCUT2D eigenvalue weighted by Gasteiger charge is -2.06. The van der Waals surface area contributed by atoms with Gasteiger partial charge in [0.05, 0.1) is 11.8 Å². The number of aromatic nitrogens is 2. The average Bonchev–Trinajstić information content (AvgIpc) is 3.10. The van der Waals surface area contributed by atoms with Crippen molar-refractivity contribution in [1.82, 2.24) is 15.0 Å². The summed E-state index contributed by atoms with van der Waals surface area (Å²) in [4.78, 5) is 15.9. The maximum absolute atomic E-state index is 12.0. The molecular formula is C20H19N5O2. The van der Waals surface area contributed by atoms with Crippen LogP contribution in [0.4, 0.5) is 0 Å². The van der Waals surface area contributed by atoms with E-state index in [1.807, 2.05) is 38.3 Å². The van der Waals surface area contributed by atoms with Crippen LogP contribution < -0.4 is 5.43 Å². The third-order valence-electron chi connectivity index (χ3n) is 4.45. The van der Waals surface area contributed by atoms with Gasteiger partial charge in [0.15, 0.2) is 0 Å². The molecule has 1 N–H and O–H groups in total. The van der Waals surface area contributed by atoms with E-state index < -0.39 is 0 Å². The minimum Gasteiger partial charge on any atom is -0.443 e. The fourth-order valence-corrected chi connectivity index (χ4v) is 2.85. The normalized spacial score (nSPS) is 10.9. The minimum absolute atomic E-state index is 0.336. The zero-order chi connectivity index (χ0) is 19.6. The molecule has 0 aliphatic heterocycles. The zero-order valence-corrected chi connectivity index (χ0v) is 15.6. The number of furan rings is 1. The smallest absolute Gasteiger partial charge is 0.272 e. The van der Waals surface area contributed by atoms with Gasteiger partial charge in [0.25, 0.3) is 5.91 Å². The van der Waals surface area contributed by atoms with Crippen molar-refractivity contribution in [2.24, 2.45) is 5.10 Å². The first kappa shape index (κ1) is 18.1. The Kier molecular flexibility index (Phi) is 4.90. The van der Waals surface area contributed by atoms with E-state index >= 15 is 0 Å². The Morgan fingerprint density at radius 3 is 2.81 bits per heavy atom. The first-order valence-corrected chi connectivity index (χ1v) is 8.37. The number of hydrogen-bond donors (Lipinski definition) is 1. The third-order valence-corrected chi connectivity index (χ3v) is 4.45. The predicted octanol–water partition coefficient (Wildman–Crippen LogP) is 3.33. The Morgan fingerprint density at radius 1 is 1.37 bits per heavy atom. The molecule has 0 spiro atoms. The van der Waals surface area contributed by atoms with Gasteiger partial charge in [-0.05, 0) is 45.9 Å². The second-order valence-electron chi connectivity index (χ2n) is 6.18. The van der Waals surface area contributed by atoms with E-state index in [1.165, 1.54) is 6.20 Å². The molecule has 0 aromatic carbocycles. The quantitative estimate of drug-likeness (QED) is 0.569. The lowest BCUT2D eigenvalue weighted by Crippen LogP contribution is -2.17. The summed E-state index contributed by atoms with van der Waals surface area (Å²) in [6.45, 7) is 7.54. The Morgan fingerprint density at radius 2 is 2.15 bits per heavy atom. The van der Waals surface area contributed by atoms with Crippen LogP contribution in [0.15, 0.2) is 40.1 Å². The molecule has 3 aromatic rings. The summed E-state index contributed by atoms with van der Waals surface area (Å²) in [6, 6.07) is 7.48. The third kappa shape index (κ3) is 3.37. The largest absolute Gasteiger partial charge is 0.443 e. The van der Waals surface area contributed by atoms with Crippen molar-refractivity contribution < 1.29 is 9.21 Å². The standard InChI is InChI=1S/C20H19N5O2/c1-12-8-17(11-23-24-19(26)16-6-5-7-22-10-16)14(3)25(12)20-18(9-21)13(2)15(4)27-20/h5-8,10-11H,1-4H3,(H,24,26)/b23-11+. The second kappa shape index (κ2) is 7.30. The van der Waals surface area contributed by atoms with Crippen LogP contribution >= 0.6 is 0 Å². The SMILES string of the molecule is Cc1oc(-n2c(C)cc(/C=N/NC(=O)c3cccnc3)c2C)c(C#N)c1C. The number of nitriles is 1. The Labute approximate surface area is 157 Å². The van der Waals surface area contributed by atoms with E-state index in [4.69, 9.17) is 4.42 Å². The van der Waals surface area contributed by atoms with E-state index in [9.17, 15) is 10.1 Å². The van der Waals surface area contributed by atoms with Gasteiger partial charge in [-0.3, -0.25) is 14.3 Å². The van der Waals surface area contributed by atoms with E-state index in [0.29, 0.717) is 22.8 Å². The highest BCUT2D eigenvalue weighted by molar-refractivity contribution is 5.94. The van der Waals surface area contributed by atoms with Crippen LogP contribution in [0.2, 0.25) is 0 Å². The van der Waals surface area contributed by atoms with Crippen molar-refractivity contribution in [3.8, 4) is 12.0 Å². The highest BCUT2D eigenvalue weighted by Gasteiger charge is 2.20. The molecule has 0 saturated heterocycles. The van der Waals surface area contributed by atoms with E-state index in [-0.39, 0.29) is 5.91 Å². The van der Waals surface area contributed by atoms with Crippen LogP contribution in [0.3, 0.4) is 0 Å². The molecule has 7 nitrogen and oxygen atoms in total.